The maximum absolute atomic E-state index is 15.8. The molecule has 4 aliphatic heterocycles. The molecule has 5 fully saturated rings. The molecule has 2 amide bonds. The molecule has 0 radical (unpaired) electrons. The lowest BCUT2D eigenvalue weighted by molar-refractivity contribution is -0.128. The van der Waals surface area contributed by atoms with Crippen molar-refractivity contribution in [2.45, 2.75) is 107 Å². The van der Waals surface area contributed by atoms with Crippen LogP contribution in [0.4, 0.5) is 15.9 Å². The van der Waals surface area contributed by atoms with Crippen molar-refractivity contribution in [3.8, 4) is 0 Å². The molecule has 0 spiro atoms. The fraction of sp³-hybridized carbons (Fsp3) is 0.592. The van der Waals surface area contributed by atoms with Crippen LogP contribution in [0.3, 0.4) is 0 Å². The molecule has 1 saturated carbocycles. The summed E-state index contributed by atoms with van der Waals surface area (Å²) in [4.78, 5) is 45.8. The van der Waals surface area contributed by atoms with E-state index >= 15 is 4.39 Å². The number of ether oxygens (including phenoxy) is 1. The van der Waals surface area contributed by atoms with E-state index in [2.05, 4.69) is 41.9 Å². The first-order valence-electron chi connectivity index (χ1n) is 23.5. The van der Waals surface area contributed by atoms with Gasteiger partial charge in [0, 0.05) is 76.0 Å². The second-order valence-corrected chi connectivity index (χ2v) is 19.8. The third-order valence-corrected chi connectivity index (χ3v) is 13.9. The number of carbonyl (C=O) groups is 2. The number of anilines is 2. The van der Waals surface area contributed by atoms with E-state index in [1.807, 2.05) is 67.2 Å². The zero-order chi connectivity index (χ0) is 45.1. The highest BCUT2D eigenvalue weighted by Crippen LogP contribution is 2.35. The van der Waals surface area contributed by atoms with Gasteiger partial charge in [0.2, 0.25) is 12.3 Å². The summed E-state index contributed by atoms with van der Waals surface area (Å²) < 4.78 is 22.5. The Morgan fingerprint density at radius 3 is 2.28 bits per heavy atom. The van der Waals surface area contributed by atoms with Crippen LogP contribution in [0.5, 0.6) is 0 Å². The molecule has 0 bridgehead atoms. The summed E-state index contributed by atoms with van der Waals surface area (Å²) in [6.45, 7) is 9.07. The van der Waals surface area contributed by atoms with Crippen LogP contribution < -0.4 is 20.9 Å². The first kappa shape index (κ1) is 48.0. The Kier molecular flexibility index (Phi) is 17.2. The number of rotatable bonds is 12. The fourth-order valence-corrected chi connectivity index (χ4v) is 9.61. The van der Waals surface area contributed by atoms with Gasteiger partial charge in [-0.3, -0.25) is 9.59 Å². The van der Waals surface area contributed by atoms with E-state index in [1.54, 1.807) is 23.0 Å². The van der Waals surface area contributed by atoms with Crippen molar-refractivity contribution in [1.82, 2.24) is 30.1 Å². The van der Waals surface area contributed by atoms with Crippen LogP contribution >= 0.6 is 23.4 Å². The molecule has 2 aromatic carbocycles. The zero-order valence-electron chi connectivity index (χ0n) is 38.0. The Balaban J connectivity index is 0.000000809. The summed E-state index contributed by atoms with van der Waals surface area (Å²) in [7, 11) is 0. The number of aromatic nitrogens is 3. The van der Waals surface area contributed by atoms with Gasteiger partial charge >= 0.3 is 0 Å². The number of aromatic amines is 1. The number of hydrogen-bond donors (Lipinski definition) is 3. The molecule has 15 heteroatoms. The number of fused-ring (bicyclic) bond motifs is 1. The number of piperidine rings is 4. The number of hydrogen-bond acceptors (Lipinski definition) is 10. The summed E-state index contributed by atoms with van der Waals surface area (Å²) in [6, 6.07) is 15.2. The molecular weight excluding hydrogens is 849 g/mol. The first-order chi connectivity index (χ1) is 31.1. The van der Waals surface area contributed by atoms with Gasteiger partial charge in [-0.2, -0.15) is 11.8 Å². The number of carbonyl (C=O) groups excluding carboxylic acids is 2. The summed E-state index contributed by atoms with van der Waals surface area (Å²) >= 11 is 8.00. The largest absolute Gasteiger partial charge is 0.375 e. The third-order valence-electron chi connectivity index (χ3n) is 13.7. The Bertz CT molecular complexity index is 2080. The zero-order valence-corrected chi connectivity index (χ0v) is 39.6. The van der Waals surface area contributed by atoms with E-state index in [0.29, 0.717) is 43.2 Å². The highest BCUT2D eigenvalue weighted by molar-refractivity contribution is 7.97. The summed E-state index contributed by atoms with van der Waals surface area (Å²) in [6.07, 6.45) is 19.0. The Morgan fingerprint density at radius 1 is 0.953 bits per heavy atom. The van der Waals surface area contributed by atoms with Gasteiger partial charge in [-0.05, 0) is 112 Å². The van der Waals surface area contributed by atoms with Crippen LogP contribution in [0.1, 0.15) is 101 Å². The number of nitrogens with two attached hydrogens (primary N) is 1. The molecule has 12 nitrogen and oxygen atoms in total. The van der Waals surface area contributed by atoms with Gasteiger partial charge < -0.3 is 40.4 Å². The van der Waals surface area contributed by atoms with Crippen molar-refractivity contribution in [1.29, 1.82) is 0 Å². The average Bonchev–Trinajstić information content (AvgIpc) is 3.95. The predicted molar refractivity (Wildman–Crippen MR) is 259 cm³/mol. The van der Waals surface area contributed by atoms with Gasteiger partial charge in [0.15, 0.2) is 0 Å². The fourth-order valence-electron chi connectivity index (χ4n) is 9.48. The molecule has 2 atom stereocenters. The predicted octanol–water partition coefficient (Wildman–Crippen LogP) is 8.18. The SMILES string of the molecule is CC1CC1.CSC.NC1(C(=O)NC(CCN2CCC(OC3CCN(c4cccc(C5CCCN(C=O)C5)c4F)CC3)CC2)c2ccc(Cl)cc2)CCN(c2ncnc3[nH]ccc23)CC1. The monoisotopic (exact) mass is 917 g/mol. The Labute approximate surface area is 388 Å². The van der Waals surface area contributed by atoms with E-state index in [1.165, 1.54) is 12.8 Å². The van der Waals surface area contributed by atoms with Gasteiger partial charge in [-0.25, -0.2) is 14.4 Å². The minimum Gasteiger partial charge on any atom is -0.375 e. The van der Waals surface area contributed by atoms with Crippen molar-refractivity contribution in [2.75, 3.05) is 81.2 Å². The van der Waals surface area contributed by atoms with Crippen LogP contribution in [0.15, 0.2) is 61.1 Å². The summed E-state index contributed by atoms with van der Waals surface area (Å²) in [5, 5.41) is 4.96. The minimum atomic E-state index is -0.981. The minimum absolute atomic E-state index is 0.0401. The number of halogens is 2. The quantitative estimate of drug-likeness (QED) is 0.120. The van der Waals surface area contributed by atoms with Crippen molar-refractivity contribution in [3.05, 3.63) is 83.0 Å². The molecule has 348 valence electrons. The molecule has 4 N–H and O–H groups in total. The lowest BCUT2D eigenvalue weighted by atomic mass is 9.86. The smallest absolute Gasteiger partial charge is 0.240 e. The maximum atomic E-state index is 15.8. The molecule has 64 heavy (non-hydrogen) atoms. The van der Waals surface area contributed by atoms with Crippen molar-refractivity contribution < 1.29 is 18.7 Å². The number of nitrogens with one attached hydrogen (secondary N) is 2. The van der Waals surface area contributed by atoms with Crippen LogP contribution in [-0.4, -0.2) is 126 Å². The molecule has 6 heterocycles. The van der Waals surface area contributed by atoms with Gasteiger partial charge in [-0.15, -0.1) is 0 Å². The van der Waals surface area contributed by atoms with Crippen LogP contribution in [0, 0.1) is 11.7 Å². The van der Waals surface area contributed by atoms with Crippen molar-refractivity contribution in [3.63, 3.8) is 0 Å². The van der Waals surface area contributed by atoms with Crippen LogP contribution in [-0.2, 0) is 14.3 Å². The third kappa shape index (κ3) is 12.7. The highest BCUT2D eigenvalue weighted by Gasteiger charge is 2.39. The number of nitrogens with zero attached hydrogens (tertiary/aromatic N) is 6. The van der Waals surface area contributed by atoms with E-state index in [9.17, 15) is 9.59 Å². The molecule has 4 saturated heterocycles. The highest BCUT2D eigenvalue weighted by atomic mass is 35.5. The van der Waals surface area contributed by atoms with Crippen LogP contribution in [0.2, 0.25) is 5.02 Å². The van der Waals surface area contributed by atoms with E-state index in [0.717, 1.165) is 125 Å². The molecular formula is C49H69ClFN9O3S. The molecule has 2 aromatic heterocycles. The maximum Gasteiger partial charge on any atom is 0.240 e. The average molecular weight is 919 g/mol. The second kappa shape index (κ2) is 23.0. The molecule has 4 aromatic rings. The number of amides is 2. The van der Waals surface area contributed by atoms with Crippen LogP contribution in [0.25, 0.3) is 11.0 Å². The lowest BCUT2D eigenvalue weighted by Crippen LogP contribution is -2.60. The summed E-state index contributed by atoms with van der Waals surface area (Å²) in [5.41, 5.74) is 9.07. The molecule has 2 unspecified atom stereocenters. The first-order valence-corrected chi connectivity index (χ1v) is 25.5. The molecule has 1 aliphatic carbocycles. The van der Waals surface area contributed by atoms with Gasteiger partial charge in [0.1, 0.15) is 23.6 Å². The van der Waals surface area contributed by atoms with E-state index < -0.39 is 5.54 Å². The molecule has 5 aliphatic rings. The topological polar surface area (TPSA) is 136 Å². The Morgan fingerprint density at radius 2 is 1.62 bits per heavy atom. The van der Waals surface area contributed by atoms with Gasteiger partial charge in [-0.1, -0.05) is 55.6 Å². The normalized spacial score (nSPS) is 21.3. The molecule has 9 rings (SSSR count). The van der Waals surface area contributed by atoms with E-state index in [-0.39, 0.29) is 35.9 Å². The van der Waals surface area contributed by atoms with Crippen molar-refractivity contribution >= 4 is 58.2 Å². The van der Waals surface area contributed by atoms with Gasteiger partial charge in [0.25, 0.3) is 0 Å². The number of thioether (sulfide) groups is 1. The lowest BCUT2D eigenvalue weighted by Gasteiger charge is -2.40. The van der Waals surface area contributed by atoms with Crippen molar-refractivity contribution in [2.24, 2.45) is 11.7 Å². The Hall–Kier alpha value is -3.95. The summed E-state index contributed by atoms with van der Waals surface area (Å²) in [5.74, 6) is 1.72. The number of benzene rings is 2. The standard InChI is InChI=1S/C43H55ClFN9O3.C4H8.C2H6S/c44-32-8-6-30(7-9-32)37(50-42(56)43(46)16-25-54(26-17-43)41-36-10-18-47-40(36)48-28-49-41)15-22-51-20-11-33(12-21-51)57-34-13-23-53(24-14-34)38-5-1-4-35(39(38)45)31-3-2-19-52(27-31)29-55;1-4-2-3-4;1-3-2/h1,4-10,18,28-29,31,33-34,37H,2-3,11-17,19-27,46H2,(H,50,56)(H,47,48,49);4H,2-3H2,1H3;1-2H3. The number of likely N-dealkylation sites (tertiary alicyclic amines) is 2. The second-order valence-electron chi connectivity index (χ2n) is 18.5. The number of H-pyrrole nitrogens is 1. The van der Waals surface area contributed by atoms with E-state index in [4.69, 9.17) is 22.1 Å². The van der Waals surface area contributed by atoms with Gasteiger partial charge in [0.05, 0.1) is 34.9 Å².